The molecule has 0 atom stereocenters. The summed E-state index contributed by atoms with van der Waals surface area (Å²) in [5.41, 5.74) is 1.65. The Kier molecular flexibility index (Phi) is 10.5. The zero-order valence-corrected chi connectivity index (χ0v) is 23.2. The first-order chi connectivity index (χ1) is 18.9. The van der Waals surface area contributed by atoms with Gasteiger partial charge < -0.3 is 4.74 Å². The molecule has 5 heteroatoms. The van der Waals surface area contributed by atoms with Crippen LogP contribution in [0.5, 0.6) is 5.75 Å². The molecule has 39 heavy (non-hydrogen) atoms. The molecule has 0 amide bonds. The zero-order valence-electron chi connectivity index (χ0n) is 23.2. The van der Waals surface area contributed by atoms with Gasteiger partial charge in [-0.3, -0.25) is 0 Å². The van der Waals surface area contributed by atoms with Crippen molar-refractivity contribution in [3.05, 3.63) is 77.4 Å². The molecule has 1 saturated carbocycles. The Hall–Kier alpha value is -2.82. The third-order valence-electron chi connectivity index (χ3n) is 8.15. The Morgan fingerprint density at radius 3 is 1.82 bits per heavy atom. The monoisotopic (exact) mass is 540 g/mol. The molecule has 0 spiro atoms. The summed E-state index contributed by atoms with van der Waals surface area (Å²) in [6, 6.07) is 12.7. The summed E-state index contributed by atoms with van der Waals surface area (Å²) in [5.74, 6) is -2.98. The van der Waals surface area contributed by atoms with Crippen molar-refractivity contribution in [2.45, 2.75) is 90.4 Å². The molecule has 1 aliphatic carbocycles. The van der Waals surface area contributed by atoms with Crippen molar-refractivity contribution in [1.82, 2.24) is 0 Å². The number of hydrogen-bond donors (Lipinski definition) is 0. The minimum Gasteiger partial charge on any atom is -0.490 e. The summed E-state index contributed by atoms with van der Waals surface area (Å²) in [6.07, 6.45) is 11.5. The molecule has 0 heterocycles. The van der Waals surface area contributed by atoms with E-state index in [0.29, 0.717) is 29.2 Å². The molecule has 1 aliphatic rings. The van der Waals surface area contributed by atoms with Crippen molar-refractivity contribution in [1.29, 1.82) is 0 Å². The summed E-state index contributed by atoms with van der Waals surface area (Å²) in [5, 5.41) is 0. The molecule has 0 aromatic heterocycles. The number of hydrogen-bond acceptors (Lipinski definition) is 1. The lowest BCUT2D eigenvalue weighted by Gasteiger charge is -2.29. The quantitative estimate of drug-likeness (QED) is 0.164. The maximum atomic E-state index is 15.2. The van der Waals surface area contributed by atoms with Gasteiger partial charge in [0.15, 0.2) is 23.2 Å². The van der Waals surface area contributed by atoms with Crippen LogP contribution in [0.4, 0.5) is 17.6 Å². The van der Waals surface area contributed by atoms with Gasteiger partial charge >= 0.3 is 0 Å². The molecule has 0 bridgehead atoms. The SMILES string of the molecule is CCCCCCCOc1ccc(-c2ccc(-c3ccc(C4CCC(CCC)CC4)c(F)c3F)cc2)c(F)c1F. The summed E-state index contributed by atoms with van der Waals surface area (Å²) in [4.78, 5) is 0. The largest absolute Gasteiger partial charge is 0.490 e. The van der Waals surface area contributed by atoms with Crippen LogP contribution in [0.1, 0.15) is 96.0 Å². The molecule has 3 aromatic rings. The van der Waals surface area contributed by atoms with Crippen LogP contribution in [-0.2, 0) is 0 Å². The molecule has 0 N–H and O–H groups in total. The molecule has 0 saturated heterocycles. The number of rotatable bonds is 12. The van der Waals surface area contributed by atoms with Crippen LogP contribution in [0.15, 0.2) is 48.5 Å². The fraction of sp³-hybridized carbons (Fsp3) is 0.471. The number of benzene rings is 3. The van der Waals surface area contributed by atoms with Gasteiger partial charge in [0.2, 0.25) is 5.82 Å². The highest BCUT2D eigenvalue weighted by Crippen LogP contribution is 2.40. The lowest BCUT2D eigenvalue weighted by atomic mass is 9.77. The molecular weight excluding hydrogens is 500 g/mol. The summed E-state index contributed by atoms with van der Waals surface area (Å²) >= 11 is 0. The average Bonchev–Trinajstić information content (AvgIpc) is 2.95. The van der Waals surface area contributed by atoms with Crippen LogP contribution in [0.25, 0.3) is 22.3 Å². The lowest BCUT2D eigenvalue weighted by molar-refractivity contribution is 0.285. The van der Waals surface area contributed by atoms with Crippen molar-refractivity contribution < 1.29 is 22.3 Å². The predicted molar refractivity (Wildman–Crippen MR) is 151 cm³/mol. The summed E-state index contributed by atoms with van der Waals surface area (Å²) in [6.45, 7) is 4.66. The molecule has 0 radical (unpaired) electrons. The molecule has 4 rings (SSSR count). The second-order valence-corrected chi connectivity index (χ2v) is 10.9. The second kappa shape index (κ2) is 14.0. The topological polar surface area (TPSA) is 9.23 Å². The second-order valence-electron chi connectivity index (χ2n) is 10.9. The number of halogens is 4. The highest BCUT2D eigenvalue weighted by atomic mass is 19.2. The van der Waals surface area contributed by atoms with Gasteiger partial charge in [-0.1, -0.05) is 88.8 Å². The van der Waals surface area contributed by atoms with Crippen LogP contribution in [0, 0.1) is 29.2 Å². The van der Waals surface area contributed by atoms with E-state index in [1.54, 1.807) is 36.4 Å². The Bertz CT molecular complexity index is 1210. The molecular formula is C34H40F4O. The van der Waals surface area contributed by atoms with Crippen LogP contribution >= 0.6 is 0 Å². The average molecular weight is 541 g/mol. The Balaban J connectivity index is 1.44. The molecule has 0 unspecified atom stereocenters. The maximum absolute atomic E-state index is 15.2. The smallest absolute Gasteiger partial charge is 0.201 e. The van der Waals surface area contributed by atoms with Crippen molar-refractivity contribution in [3.63, 3.8) is 0 Å². The fourth-order valence-corrected chi connectivity index (χ4v) is 5.86. The van der Waals surface area contributed by atoms with E-state index in [9.17, 15) is 8.78 Å². The van der Waals surface area contributed by atoms with Crippen molar-refractivity contribution in [2.24, 2.45) is 5.92 Å². The third kappa shape index (κ3) is 7.04. The lowest BCUT2D eigenvalue weighted by Crippen LogP contribution is -2.14. The van der Waals surface area contributed by atoms with Gasteiger partial charge in [0.25, 0.3) is 0 Å². The van der Waals surface area contributed by atoms with Crippen LogP contribution in [-0.4, -0.2) is 6.61 Å². The first-order valence-corrected chi connectivity index (χ1v) is 14.6. The van der Waals surface area contributed by atoms with E-state index in [2.05, 4.69) is 13.8 Å². The number of unbranched alkanes of at least 4 members (excludes halogenated alkanes) is 4. The highest BCUT2D eigenvalue weighted by Gasteiger charge is 2.26. The van der Waals surface area contributed by atoms with Gasteiger partial charge in [0, 0.05) is 11.1 Å². The predicted octanol–water partition coefficient (Wildman–Crippen LogP) is 11.0. The molecule has 1 nitrogen and oxygen atoms in total. The van der Waals surface area contributed by atoms with Gasteiger partial charge in [-0.2, -0.15) is 4.39 Å². The Labute approximate surface area is 230 Å². The molecule has 3 aromatic carbocycles. The van der Waals surface area contributed by atoms with E-state index in [-0.39, 0.29) is 22.8 Å². The molecule has 1 fully saturated rings. The van der Waals surface area contributed by atoms with Crippen molar-refractivity contribution in [2.75, 3.05) is 6.61 Å². The minimum atomic E-state index is -1.02. The zero-order chi connectivity index (χ0) is 27.8. The maximum Gasteiger partial charge on any atom is 0.201 e. The van der Waals surface area contributed by atoms with Gasteiger partial charge in [-0.25, -0.2) is 13.2 Å². The van der Waals surface area contributed by atoms with E-state index in [0.717, 1.165) is 64.2 Å². The number of ether oxygens (including phenoxy) is 1. The van der Waals surface area contributed by atoms with E-state index < -0.39 is 23.3 Å². The first kappa shape index (κ1) is 29.2. The van der Waals surface area contributed by atoms with E-state index in [1.165, 1.54) is 18.6 Å². The third-order valence-corrected chi connectivity index (χ3v) is 8.15. The van der Waals surface area contributed by atoms with Crippen molar-refractivity contribution >= 4 is 0 Å². The Morgan fingerprint density at radius 2 is 1.21 bits per heavy atom. The van der Waals surface area contributed by atoms with E-state index in [1.807, 2.05) is 0 Å². The normalized spacial score (nSPS) is 17.4. The summed E-state index contributed by atoms with van der Waals surface area (Å²) < 4.78 is 65.4. The van der Waals surface area contributed by atoms with E-state index >= 15 is 8.78 Å². The first-order valence-electron chi connectivity index (χ1n) is 14.6. The standard InChI is InChI=1S/C34H40F4O/c1-3-5-6-7-8-22-39-30-21-20-29(33(37)34(30)38)26-16-14-25(15-17-26)28-19-18-27(31(35)32(28)36)24-12-10-23(9-4-2)11-13-24/h14-21,23-24H,3-13,22H2,1-2H3. The van der Waals surface area contributed by atoms with Gasteiger partial charge in [-0.05, 0) is 72.8 Å². The van der Waals surface area contributed by atoms with E-state index in [4.69, 9.17) is 4.74 Å². The van der Waals surface area contributed by atoms with Crippen LogP contribution < -0.4 is 4.74 Å². The fourth-order valence-electron chi connectivity index (χ4n) is 5.86. The van der Waals surface area contributed by atoms with Crippen LogP contribution in [0.3, 0.4) is 0 Å². The van der Waals surface area contributed by atoms with Gasteiger partial charge in [0.1, 0.15) is 0 Å². The highest BCUT2D eigenvalue weighted by molar-refractivity contribution is 5.72. The molecule has 210 valence electrons. The van der Waals surface area contributed by atoms with Gasteiger partial charge in [0.05, 0.1) is 6.61 Å². The van der Waals surface area contributed by atoms with Crippen LogP contribution in [0.2, 0.25) is 0 Å². The Morgan fingerprint density at radius 1 is 0.615 bits per heavy atom. The van der Waals surface area contributed by atoms with Crippen molar-refractivity contribution in [3.8, 4) is 28.0 Å². The van der Waals surface area contributed by atoms with Gasteiger partial charge in [-0.15, -0.1) is 0 Å². The summed E-state index contributed by atoms with van der Waals surface area (Å²) in [7, 11) is 0. The minimum absolute atomic E-state index is 0.0508. The molecule has 0 aliphatic heterocycles.